The number of H-pyrrole nitrogens is 1. The summed E-state index contributed by atoms with van der Waals surface area (Å²) in [7, 11) is 3.47. The Morgan fingerprint density at radius 3 is 2.43 bits per heavy atom. The molecule has 0 bridgehead atoms. The SMILES string of the molecule is COc1nc(-c2ccccc2)cc2nc(-c3c(Cl)c(C(C)(C)C)nn3C)[nH]c12. The molecule has 3 aromatic heterocycles. The lowest BCUT2D eigenvalue weighted by atomic mass is 9.92. The van der Waals surface area contributed by atoms with Gasteiger partial charge in [0, 0.05) is 18.0 Å². The normalized spacial score (nSPS) is 11.9. The quantitative estimate of drug-likeness (QED) is 0.530. The van der Waals surface area contributed by atoms with E-state index < -0.39 is 0 Å². The fourth-order valence-corrected chi connectivity index (χ4v) is 3.77. The molecule has 1 N–H and O–H groups in total. The molecule has 0 amide bonds. The number of rotatable bonds is 3. The van der Waals surface area contributed by atoms with Crippen LogP contribution in [0.3, 0.4) is 0 Å². The Morgan fingerprint density at radius 2 is 1.82 bits per heavy atom. The summed E-state index contributed by atoms with van der Waals surface area (Å²) in [6.07, 6.45) is 0. The van der Waals surface area contributed by atoms with Crippen molar-refractivity contribution in [3.05, 3.63) is 47.1 Å². The Hall–Kier alpha value is -2.86. The van der Waals surface area contributed by atoms with Crippen molar-refractivity contribution in [3.63, 3.8) is 0 Å². The lowest BCUT2D eigenvalue weighted by Gasteiger charge is -2.15. The third kappa shape index (κ3) is 3.03. The number of hydrogen-bond acceptors (Lipinski definition) is 4. The van der Waals surface area contributed by atoms with Gasteiger partial charge in [-0.3, -0.25) is 4.68 Å². The highest BCUT2D eigenvalue weighted by molar-refractivity contribution is 6.33. The summed E-state index contributed by atoms with van der Waals surface area (Å²) >= 11 is 6.69. The third-order valence-corrected chi connectivity index (χ3v) is 4.99. The number of nitrogens with one attached hydrogen (secondary N) is 1. The average Bonchev–Trinajstić information content (AvgIpc) is 3.21. The molecular formula is C21H22ClN5O. The van der Waals surface area contributed by atoms with Gasteiger partial charge >= 0.3 is 0 Å². The number of aromatic amines is 1. The number of ether oxygens (including phenoxy) is 1. The van der Waals surface area contributed by atoms with E-state index in [2.05, 4.69) is 35.8 Å². The van der Waals surface area contributed by atoms with Crippen molar-refractivity contribution in [2.24, 2.45) is 7.05 Å². The lowest BCUT2D eigenvalue weighted by molar-refractivity contribution is 0.403. The molecule has 4 rings (SSSR count). The average molecular weight is 396 g/mol. The second kappa shape index (κ2) is 6.63. The van der Waals surface area contributed by atoms with Crippen LogP contribution in [0.15, 0.2) is 36.4 Å². The molecule has 0 saturated heterocycles. The molecule has 0 saturated carbocycles. The zero-order valence-electron chi connectivity index (χ0n) is 16.5. The lowest BCUT2D eigenvalue weighted by Crippen LogP contribution is -2.12. The Bertz CT molecular complexity index is 1160. The molecular weight excluding hydrogens is 374 g/mol. The molecule has 7 heteroatoms. The first-order chi connectivity index (χ1) is 13.3. The van der Waals surface area contributed by atoms with E-state index in [4.69, 9.17) is 21.3 Å². The van der Waals surface area contributed by atoms with Crippen molar-refractivity contribution < 1.29 is 4.74 Å². The number of fused-ring (bicyclic) bond motifs is 1. The summed E-state index contributed by atoms with van der Waals surface area (Å²) in [5.41, 5.74) is 4.70. The van der Waals surface area contributed by atoms with Crippen molar-refractivity contribution in [2.75, 3.05) is 7.11 Å². The summed E-state index contributed by atoms with van der Waals surface area (Å²) < 4.78 is 7.28. The zero-order chi connectivity index (χ0) is 20.1. The number of nitrogens with zero attached hydrogens (tertiary/aromatic N) is 4. The number of aryl methyl sites for hydroxylation is 1. The second-order valence-electron chi connectivity index (χ2n) is 7.75. The monoisotopic (exact) mass is 395 g/mol. The van der Waals surface area contributed by atoms with E-state index in [1.165, 1.54) is 0 Å². The molecule has 0 aliphatic heterocycles. The smallest absolute Gasteiger partial charge is 0.240 e. The minimum atomic E-state index is -0.168. The van der Waals surface area contributed by atoms with E-state index in [0.717, 1.165) is 33.7 Å². The Balaban J connectivity index is 1.91. The molecule has 1 aromatic carbocycles. The highest BCUT2D eigenvalue weighted by Gasteiger charge is 2.27. The van der Waals surface area contributed by atoms with Crippen molar-refractivity contribution in [2.45, 2.75) is 26.2 Å². The van der Waals surface area contributed by atoms with Crippen LogP contribution in [0.2, 0.25) is 5.02 Å². The predicted octanol–water partition coefficient (Wildman–Crippen LogP) is 4.98. The first-order valence-corrected chi connectivity index (χ1v) is 9.41. The Morgan fingerprint density at radius 1 is 1.11 bits per heavy atom. The molecule has 0 aliphatic rings. The van der Waals surface area contributed by atoms with E-state index >= 15 is 0 Å². The van der Waals surface area contributed by atoms with Gasteiger partial charge in [0.2, 0.25) is 5.88 Å². The topological polar surface area (TPSA) is 68.6 Å². The van der Waals surface area contributed by atoms with Gasteiger partial charge in [0.05, 0.1) is 29.0 Å². The maximum absolute atomic E-state index is 6.69. The van der Waals surface area contributed by atoms with Crippen LogP contribution in [0.25, 0.3) is 33.8 Å². The molecule has 0 unspecified atom stereocenters. The van der Waals surface area contributed by atoms with E-state index in [-0.39, 0.29) is 5.41 Å². The number of methoxy groups -OCH3 is 1. The minimum absolute atomic E-state index is 0.168. The van der Waals surface area contributed by atoms with Crippen molar-refractivity contribution in [1.29, 1.82) is 0 Å². The minimum Gasteiger partial charge on any atom is -0.479 e. The van der Waals surface area contributed by atoms with Crippen molar-refractivity contribution in [1.82, 2.24) is 24.7 Å². The highest BCUT2D eigenvalue weighted by Crippen LogP contribution is 2.37. The second-order valence-corrected chi connectivity index (χ2v) is 8.13. The summed E-state index contributed by atoms with van der Waals surface area (Å²) in [4.78, 5) is 12.7. The molecule has 0 atom stereocenters. The highest BCUT2D eigenvalue weighted by atomic mass is 35.5. The standard InChI is InChI=1S/C21H22ClN5O/c1-21(2,3)18-15(22)17(27(4)26-18)19-23-14-11-13(12-9-7-6-8-10-12)24-20(28-5)16(14)25-19/h6-11H,1-5H3,(H,23,25). The predicted molar refractivity (Wildman–Crippen MR) is 112 cm³/mol. The molecule has 0 aliphatic carbocycles. The maximum Gasteiger partial charge on any atom is 0.240 e. The van der Waals surface area contributed by atoms with Crippen LogP contribution < -0.4 is 4.74 Å². The fourth-order valence-electron chi connectivity index (χ4n) is 3.23. The summed E-state index contributed by atoms with van der Waals surface area (Å²) in [5.74, 6) is 1.13. The van der Waals surface area contributed by atoms with E-state index in [9.17, 15) is 0 Å². The number of aromatic nitrogens is 5. The molecule has 0 fully saturated rings. The first kappa shape index (κ1) is 18.5. The summed E-state index contributed by atoms with van der Waals surface area (Å²) in [6.45, 7) is 6.26. The fraction of sp³-hybridized carbons (Fsp3) is 0.286. The van der Waals surface area contributed by atoms with Crippen LogP contribution in [-0.2, 0) is 12.5 Å². The number of imidazole rings is 1. The molecule has 4 aromatic rings. The number of benzene rings is 1. The van der Waals surface area contributed by atoms with Gasteiger partial charge in [-0.2, -0.15) is 5.10 Å². The zero-order valence-corrected chi connectivity index (χ0v) is 17.3. The van der Waals surface area contributed by atoms with Crippen molar-refractivity contribution >= 4 is 22.6 Å². The molecule has 144 valence electrons. The van der Waals surface area contributed by atoms with Gasteiger partial charge in [-0.1, -0.05) is 62.7 Å². The summed E-state index contributed by atoms with van der Waals surface area (Å²) in [5, 5.41) is 5.21. The molecule has 28 heavy (non-hydrogen) atoms. The van der Waals surface area contributed by atoms with E-state index in [1.54, 1.807) is 11.8 Å². The maximum atomic E-state index is 6.69. The summed E-state index contributed by atoms with van der Waals surface area (Å²) in [6, 6.07) is 11.9. The number of hydrogen-bond donors (Lipinski definition) is 1. The van der Waals surface area contributed by atoms with Gasteiger partial charge in [-0.15, -0.1) is 0 Å². The molecule has 0 radical (unpaired) electrons. The van der Waals surface area contributed by atoms with Crippen LogP contribution >= 0.6 is 11.6 Å². The molecule has 0 spiro atoms. The number of pyridine rings is 1. The van der Waals surface area contributed by atoms with Gasteiger partial charge < -0.3 is 9.72 Å². The van der Waals surface area contributed by atoms with Crippen LogP contribution in [0.5, 0.6) is 5.88 Å². The van der Waals surface area contributed by atoms with Gasteiger partial charge in [0.25, 0.3) is 0 Å². The van der Waals surface area contributed by atoms with Crippen LogP contribution in [0.1, 0.15) is 26.5 Å². The molecule has 6 nitrogen and oxygen atoms in total. The Kier molecular flexibility index (Phi) is 4.38. The van der Waals surface area contributed by atoms with Gasteiger partial charge in [0.1, 0.15) is 11.2 Å². The molecule has 3 heterocycles. The van der Waals surface area contributed by atoms with Crippen molar-refractivity contribution in [3.8, 4) is 28.7 Å². The van der Waals surface area contributed by atoms with Gasteiger partial charge in [-0.25, -0.2) is 9.97 Å². The number of halogens is 1. The van der Waals surface area contributed by atoms with E-state index in [1.807, 2.05) is 43.4 Å². The van der Waals surface area contributed by atoms with Crippen LogP contribution in [0, 0.1) is 0 Å². The third-order valence-electron chi connectivity index (χ3n) is 4.63. The Labute approximate surface area is 168 Å². The first-order valence-electron chi connectivity index (χ1n) is 9.03. The van der Waals surface area contributed by atoms with E-state index in [0.29, 0.717) is 16.7 Å². The van der Waals surface area contributed by atoms with Gasteiger partial charge in [-0.05, 0) is 6.07 Å². The van der Waals surface area contributed by atoms with Crippen LogP contribution in [-0.4, -0.2) is 31.8 Å². The van der Waals surface area contributed by atoms with Crippen LogP contribution in [0.4, 0.5) is 0 Å². The largest absolute Gasteiger partial charge is 0.479 e. The van der Waals surface area contributed by atoms with Gasteiger partial charge in [0.15, 0.2) is 5.82 Å².